The second-order valence-corrected chi connectivity index (χ2v) is 3.51. The highest BCUT2D eigenvalue weighted by Crippen LogP contribution is 2.10. The lowest BCUT2D eigenvalue weighted by molar-refractivity contribution is 0.272. The molecular formula is C9H16N2O. The zero-order valence-corrected chi connectivity index (χ0v) is 7.89. The Morgan fingerprint density at radius 3 is 2.58 bits per heavy atom. The molecule has 0 saturated carbocycles. The lowest BCUT2D eigenvalue weighted by Gasteiger charge is -2.00. The largest absolute Gasteiger partial charge is 0.388 e. The fraction of sp³-hybridized carbons (Fsp3) is 0.667. The van der Waals surface area contributed by atoms with Gasteiger partial charge in [-0.2, -0.15) is 0 Å². The topological polar surface area (TPSA) is 48.9 Å². The number of hydrogen-bond acceptors (Lipinski definition) is 2. The molecular weight excluding hydrogens is 152 g/mol. The van der Waals surface area contributed by atoms with Crippen molar-refractivity contribution in [2.45, 2.75) is 33.8 Å². The van der Waals surface area contributed by atoms with Crippen molar-refractivity contribution in [3.05, 3.63) is 17.2 Å². The van der Waals surface area contributed by atoms with Crippen LogP contribution < -0.4 is 0 Å². The predicted molar refractivity (Wildman–Crippen MR) is 47.8 cm³/mol. The molecule has 0 aliphatic heterocycles. The van der Waals surface area contributed by atoms with E-state index in [9.17, 15) is 0 Å². The van der Waals surface area contributed by atoms with Crippen LogP contribution in [0, 0.1) is 12.8 Å². The van der Waals surface area contributed by atoms with Crippen molar-refractivity contribution in [3.63, 3.8) is 0 Å². The first-order valence-corrected chi connectivity index (χ1v) is 4.28. The van der Waals surface area contributed by atoms with Gasteiger partial charge in [0, 0.05) is 5.69 Å². The number of H-pyrrole nitrogens is 1. The van der Waals surface area contributed by atoms with Gasteiger partial charge < -0.3 is 10.1 Å². The van der Waals surface area contributed by atoms with Crippen molar-refractivity contribution in [2.75, 3.05) is 0 Å². The van der Waals surface area contributed by atoms with E-state index in [0.717, 1.165) is 17.8 Å². The SMILES string of the molecule is Cc1[nH]c(CO)nc1CC(C)C. The fourth-order valence-corrected chi connectivity index (χ4v) is 1.22. The lowest BCUT2D eigenvalue weighted by atomic mass is 10.1. The first-order chi connectivity index (χ1) is 5.63. The summed E-state index contributed by atoms with van der Waals surface area (Å²) in [5, 5.41) is 8.82. The zero-order chi connectivity index (χ0) is 9.14. The molecule has 1 aromatic heterocycles. The molecule has 1 heterocycles. The Morgan fingerprint density at radius 1 is 1.50 bits per heavy atom. The summed E-state index contributed by atoms with van der Waals surface area (Å²) in [6.45, 7) is 6.31. The molecule has 0 unspecified atom stereocenters. The summed E-state index contributed by atoms with van der Waals surface area (Å²) in [6, 6.07) is 0. The van der Waals surface area contributed by atoms with E-state index in [2.05, 4.69) is 23.8 Å². The number of aromatic nitrogens is 2. The van der Waals surface area contributed by atoms with Crippen molar-refractivity contribution in [1.29, 1.82) is 0 Å². The van der Waals surface area contributed by atoms with Crippen molar-refractivity contribution in [2.24, 2.45) is 5.92 Å². The molecule has 0 amide bonds. The molecule has 12 heavy (non-hydrogen) atoms. The quantitative estimate of drug-likeness (QED) is 0.717. The molecule has 1 aromatic rings. The molecule has 0 saturated heterocycles. The zero-order valence-electron chi connectivity index (χ0n) is 7.89. The van der Waals surface area contributed by atoms with Gasteiger partial charge in [0.2, 0.25) is 0 Å². The summed E-state index contributed by atoms with van der Waals surface area (Å²) >= 11 is 0. The van der Waals surface area contributed by atoms with Gasteiger partial charge in [-0.15, -0.1) is 0 Å². The number of nitrogens with one attached hydrogen (secondary N) is 1. The van der Waals surface area contributed by atoms with Crippen LogP contribution in [0.25, 0.3) is 0 Å². The van der Waals surface area contributed by atoms with Crippen LogP contribution in [0.5, 0.6) is 0 Å². The van der Waals surface area contributed by atoms with Gasteiger partial charge in [-0.25, -0.2) is 4.98 Å². The Bertz CT molecular complexity index is 253. The molecule has 2 N–H and O–H groups in total. The van der Waals surface area contributed by atoms with Crippen LogP contribution in [0.1, 0.15) is 31.1 Å². The van der Waals surface area contributed by atoms with E-state index < -0.39 is 0 Å². The fourth-order valence-electron chi connectivity index (χ4n) is 1.22. The summed E-state index contributed by atoms with van der Waals surface area (Å²) in [6.07, 6.45) is 0.975. The third kappa shape index (κ3) is 2.08. The van der Waals surface area contributed by atoms with E-state index in [1.54, 1.807) is 0 Å². The number of rotatable bonds is 3. The third-order valence-corrected chi connectivity index (χ3v) is 1.79. The maximum atomic E-state index is 8.82. The Morgan fingerprint density at radius 2 is 2.17 bits per heavy atom. The average molecular weight is 168 g/mol. The molecule has 3 heteroatoms. The van der Waals surface area contributed by atoms with Gasteiger partial charge in [0.05, 0.1) is 5.69 Å². The van der Waals surface area contributed by atoms with Crippen LogP contribution >= 0.6 is 0 Å². The van der Waals surface area contributed by atoms with Gasteiger partial charge in [0.15, 0.2) is 0 Å². The monoisotopic (exact) mass is 168 g/mol. The van der Waals surface area contributed by atoms with E-state index >= 15 is 0 Å². The summed E-state index contributed by atoms with van der Waals surface area (Å²) in [5.74, 6) is 1.28. The molecule has 0 bridgehead atoms. The maximum absolute atomic E-state index is 8.82. The molecule has 3 nitrogen and oxygen atoms in total. The van der Waals surface area contributed by atoms with Crippen molar-refractivity contribution >= 4 is 0 Å². The molecule has 68 valence electrons. The van der Waals surface area contributed by atoms with Gasteiger partial charge in [0.1, 0.15) is 12.4 Å². The molecule has 0 aliphatic carbocycles. The van der Waals surface area contributed by atoms with Crippen LogP contribution in [-0.2, 0) is 13.0 Å². The minimum Gasteiger partial charge on any atom is -0.388 e. The Kier molecular flexibility index (Phi) is 2.87. The standard InChI is InChI=1S/C9H16N2O/c1-6(2)4-8-7(3)10-9(5-12)11-8/h6,12H,4-5H2,1-3H3,(H,10,11). The third-order valence-electron chi connectivity index (χ3n) is 1.79. The highest BCUT2D eigenvalue weighted by Gasteiger charge is 2.06. The van der Waals surface area contributed by atoms with Crippen LogP contribution in [0.3, 0.4) is 0 Å². The summed E-state index contributed by atoms with van der Waals surface area (Å²) in [7, 11) is 0. The van der Waals surface area contributed by atoms with E-state index in [1.807, 2.05) is 6.92 Å². The van der Waals surface area contributed by atoms with Crippen molar-refractivity contribution in [3.8, 4) is 0 Å². The molecule has 0 spiro atoms. The smallest absolute Gasteiger partial charge is 0.132 e. The van der Waals surface area contributed by atoms with Gasteiger partial charge in [-0.05, 0) is 19.3 Å². The number of aliphatic hydroxyl groups is 1. The van der Waals surface area contributed by atoms with E-state index in [4.69, 9.17) is 5.11 Å². The van der Waals surface area contributed by atoms with Gasteiger partial charge >= 0.3 is 0 Å². The normalized spacial score (nSPS) is 11.1. The Balaban J connectivity index is 2.77. The average Bonchev–Trinajstić information content (AvgIpc) is 2.31. The minimum atomic E-state index is -0.00106. The van der Waals surface area contributed by atoms with Crippen molar-refractivity contribution in [1.82, 2.24) is 9.97 Å². The number of hydrogen-bond donors (Lipinski definition) is 2. The number of aliphatic hydroxyl groups excluding tert-OH is 1. The first-order valence-electron chi connectivity index (χ1n) is 4.28. The molecule has 0 fully saturated rings. The van der Waals surface area contributed by atoms with Crippen LogP contribution in [-0.4, -0.2) is 15.1 Å². The summed E-state index contributed by atoms with van der Waals surface area (Å²) < 4.78 is 0. The van der Waals surface area contributed by atoms with E-state index in [1.165, 1.54) is 0 Å². The summed E-state index contributed by atoms with van der Waals surface area (Å²) in [4.78, 5) is 7.30. The van der Waals surface area contributed by atoms with Crippen LogP contribution in [0.2, 0.25) is 0 Å². The number of aromatic amines is 1. The van der Waals surface area contributed by atoms with Gasteiger partial charge in [0.25, 0.3) is 0 Å². The molecule has 0 aliphatic rings. The number of nitrogens with zero attached hydrogens (tertiary/aromatic N) is 1. The van der Waals surface area contributed by atoms with E-state index in [-0.39, 0.29) is 6.61 Å². The van der Waals surface area contributed by atoms with Gasteiger partial charge in [-0.1, -0.05) is 13.8 Å². The molecule has 0 radical (unpaired) electrons. The highest BCUT2D eigenvalue weighted by atomic mass is 16.3. The van der Waals surface area contributed by atoms with Crippen LogP contribution in [0.4, 0.5) is 0 Å². The predicted octanol–water partition coefficient (Wildman–Crippen LogP) is 1.41. The van der Waals surface area contributed by atoms with Gasteiger partial charge in [-0.3, -0.25) is 0 Å². The Hall–Kier alpha value is -0.830. The molecule has 0 aromatic carbocycles. The van der Waals surface area contributed by atoms with Crippen molar-refractivity contribution < 1.29 is 5.11 Å². The second-order valence-electron chi connectivity index (χ2n) is 3.51. The Labute approximate surface area is 72.8 Å². The number of aryl methyl sites for hydroxylation is 1. The van der Waals surface area contributed by atoms with Crippen LogP contribution in [0.15, 0.2) is 0 Å². The van der Waals surface area contributed by atoms with E-state index in [0.29, 0.717) is 11.7 Å². The molecule has 0 atom stereocenters. The number of imidazole rings is 1. The summed E-state index contributed by atoms with van der Waals surface area (Å²) in [5.41, 5.74) is 2.15. The minimum absolute atomic E-state index is 0.00106. The second kappa shape index (κ2) is 3.72. The lowest BCUT2D eigenvalue weighted by Crippen LogP contribution is -1.96. The maximum Gasteiger partial charge on any atom is 0.132 e. The highest BCUT2D eigenvalue weighted by molar-refractivity contribution is 5.13. The first kappa shape index (κ1) is 9.26. The molecule has 1 rings (SSSR count).